The second kappa shape index (κ2) is 2.54. The molecular formula is C11H11N. The zero-order chi connectivity index (χ0) is 8.55. The zero-order valence-corrected chi connectivity index (χ0v) is 7.33. The van der Waals surface area contributed by atoms with Gasteiger partial charge in [-0.15, -0.1) is 5.73 Å². The van der Waals surface area contributed by atoms with E-state index in [2.05, 4.69) is 35.8 Å². The fraction of sp³-hybridized carbons (Fsp3) is 0.182. The van der Waals surface area contributed by atoms with Crippen molar-refractivity contribution in [2.75, 3.05) is 11.9 Å². The summed E-state index contributed by atoms with van der Waals surface area (Å²) in [6, 6.07) is 6.32. The lowest BCUT2D eigenvalue weighted by molar-refractivity contribution is 1.18. The summed E-state index contributed by atoms with van der Waals surface area (Å²) in [6.07, 6.45) is 3.98. The van der Waals surface area contributed by atoms with Gasteiger partial charge < -0.3 is 4.90 Å². The molecule has 0 N–H and O–H groups in total. The minimum Gasteiger partial charge on any atom is -0.344 e. The standard InChI is InChI=1S/C11H11N/c1-9-5-3-7-11-10(9)6-4-8-12(11)2/h3,5-8H,1-2H3. The first kappa shape index (κ1) is 7.20. The van der Waals surface area contributed by atoms with Crippen molar-refractivity contribution in [3.05, 3.63) is 41.3 Å². The maximum atomic E-state index is 3.11. The van der Waals surface area contributed by atoms with Crippen molar-refractivity contribution in [2.24, 2.45) is 0 Å². The predicted octanol–water partition coefficient (Wildman–Crippen LogP) is 2.57. The van der Waals surface area contributed by atoms with E-state index in [9.17, 15) is 0 Å². The molecule has 0 amide bonds. The Morgan fingerprint density at radius 3 is 2.92 bits per heavy atom. The van der Waals surface area contributed by atoms with Gasteiger partial charge in [0.2, 0.25) is 0 Å². The van der Waals surface area contributed by atoms with E-state index in [4.69, 9.17) is 0 Å². The zero-order valence-electron chi connectivity index (χ0n) is 7.33. The van der Waals surface area contributed by atoms with E-state index in [-0.39, 0.29) is 0 Å². The molecule has 0 saturated heterocycles. The number of fused-ring (bicyclic) bond motifs is 1. The summed E-state index contributed by atoms with van der Waals surface area (Å²) in [6.45, 7) is 2.12. The van der Waals surface area contributed by atoms with Gasteiger partial charge in [0.05, 0.1) is 0 Å². The molecule has 1 nitrogen and oxygen atoms in total. The third-order valence-electron chi connectivity index (χ3n) is 2.18. The molecule has 0 aliphatic carbocycles. The minimum atomic E-state index is 1.26. The molecule has 1 aliphatic heterocycles. The van der Waals surface area contributed by atoms with E-state index in [0.717, 1.165) is 0 Å². The molecule has 0 spiro atoms. The highest BCUT2D eigenvalue weighted by molar-refractivity contribution is 5.73. The molecule has 0 bridgehead atoms. The van der Waals surface area contributed by atoms with E-state index in [0.29, 0.717) is 0 Å². The molecule has 0 aromatic heterocycles. The molecule has 1 aromatic rings. The fourth-order valence-corrected chi connectivity index (χ4v) is 1.46. The Balaban J connectivity index is 2.70. The largest absolute Gasteiger partial charge is 0.344 e. The monoisotopic (exact) mass is 157 g/mol. The number of hydrogen-bond acceptors (Lipinski definition) is 1. The maximum absolute atomic E-state index is 3.11. The van der Waals surface area contributed by atoms with E-state index in [1.807, 2.05) is 19.3 Å². The maximum Gasteiger partial charge on any atom is 0.0490 e. The van der Waals surface area contributed by atoms with Gasteiger partial charge in [-0.2, -0.15) is 0 Å². The first-order valence-electron chi connectivity index (χ1n) is 4.04. The summed E-state index contributed by atoms with van der Waals surface area (Å²) < 4.78 is 0. The van der Waals surface area contributed by atoms with Gasteiger partial charge in [0.25, 0.3) is 0 Å². The predicted molar refractivity (Wildman–Crippen MR) is 52.1 cm³/mol. The van der Waals surface area contributed by atoms with Crippen molar-refractivity contribution in [2.45, 2.75) is 6.92 Å². The normalized spacial score (nSPS) is 13.3. The van der Waals surface area contributed by atoms with Gasteiger partial charge >= 0.3 is 0 Å². The number of hydrogen-bond donors (Lipinski definition) is 0. The van der Waals surface area contributed by atoms with Crippen LogP contribution in [0.5, 0.6) is 0 Å². The molecule has 2 rings (SSSR count). The minimum absolute atomic E-state index is 1.26. The van der Waals surface area contributed by atoms with Crippen molar-refractivity contribution in [1.29, 1.82) is 0 Å². The van der Waals surface area contributed by atoms with E-state index in [1.54, 1.807) is 0 Å². The molecule has 60 valence electrons. The number of anilines is 1. The quantitative estimate of drug-likeness (QED) is 0.523. The topological polar surface area (TPSA) is 3.24 Å². The molecule has 0 radical (unpaired) electrons. The van der Waals surface area contributed by atoms with Crippen LogP contribution >= 0.6 is 0 Å². The summed E-state index contributed by atoms with van der Waals surface area (Å²) in [5.41, 5.74) is 6.95. The average Bonchev–Trinajstić information content (AvgIpc) is 2.07. The third kappa shape index (κ3) is 0.956. The molecular weight excluding hydrogens is 146 g/mol. The highest BCUT2D eigenvalue weighted by Crippen LogP contribution is 2.26. The van der Waals surface area contributed by atoms with Gasteiger partial charge in [-0.1, -0.05) is 12.1 Å². The summed E-state index contributed by atoms with van der Waals surface area (Å²) >= 11 is 0. The molecule has 0 saturated carbocycles. The first-order valence-corrected chi connectivity index (χ1v) is 4.04. The van der Waals surface area contributed by atoms with Gasteiger partial charge in [-0.25, -0.2) is 0 Å². The van der Waals surface area contributed by atoms with Crippen LogP contribution in [0, 0.1) is 6.92 Å². The molecule has 1 heterocycles. The Bertz CT molecular complexity index is 371. The van der Waals surface area contributed by atoms with Gasteiger partial charge in [0, 0.05) is 24.5 Å². The summed E-state index contributed by atoms with van der Waals surface area (Å²) in [5.74, 6) is 0. The van der Waals surface area contributed by atoms with Crippen molar-refractivity contribution in [3.8, 4) is 0 Å². The molecule has 1 aromatic carbocycles. The number of aryl methyl sites for hydroxylation is 1. The van der Waals surface area contributed by atoms with Crippen LogP contribution in [0.25, 0.3) is 6.08 Å². The van der Waals surface area contributed by atoms with E-state index < -0.39 is 0 Å². The number of nitrogens with zero attached hydrogens (tertiary/aromatic N) is 1. The van der Waals surface area contributed by atoms with Gasteiger partial charge in [-0.3, -0.25) is 0 Å². The highest BCUT2D eigenvalue weighted by atomic mass is 15.1. The van der Waals surface area contributed by atoms with Crippen LogP contribution in [0.4, 0.5) is 5.69 Å². The Morgan fingerprint density at radius 2 is 2.17 bits per heavy atom. The van der Waals surface area contributed by atoms with Gasteiger partial charge in [0.15, 0.2) is 0 Å². The van der Waals surface area contributed by atoms with Gasteiger partial charge in [0.1, 0.15) is 0 Å². The van der Waals surface area contributed by atoms with Crippen LogP contribution in [-0.2, 0) is 0 Å². The van der Waals surface area contributed by atoms with Crippen LogP contribution in [0.15, 0.2) is 30.1 Å². The average molecular weight is 157 g/mol. The summed E-state index contributed by atoms with van der Waals surface area (Å²) in [5, 5.41) is 0. The van der Waals surface area contributed by atoms with Crippen LogP contribution in [-0.4, -0.2) is 7.05 Å². The summed E-state index contributed by atoms with van der Waals surface area (Å²) in [4.78, 5) is 2.09. The van der Waals surface area contributed by atoms with E-state index >= 15 is 0 Å². The number of rotatable bonds is 0. The first-order chi connectivity index (χ1) is 5.79. The van der Waals surface area contributed by atoms with Crippen molar-refractivity contribution in [1.82, 2.24) is 0 Å². The molecule has 0 fully saturated rings. The SMILES string of the molecule is Cc1cccc2c1C=C=CN2C. The molecule has 0 unspecified atom stereocenters. The Hall–Kier alpha value is -1.46. The molecule has 1 aliphatic rings. The molecule has 1 heteroatoms. The van der Waals surface area contributed by atoms with Crippen molar-refractivity contribution in [3.63, 3.8) is 0 Å². The molecule has 12 heavy (non-hydrogen) atoms. The fourth-order valence-electron chi connectivity index (χ4n) is 1.46. The second-order valence-electron chi connectivity index (χ2n) is 3.06. The molecule has 0 atom stereocenters. The van der Waals surface area contributed by atoms with Gasteiger partial charge in [-0.05, 0) is 24.6 Å². The smallest absolute Gasteiger partial charge is 0.0490 e. The van der Waals surface area contributed by atoms with Crippen molar-refractivity contribution >= 4 is 11.8 Å². The van der Waals surface area contributed by atoms with E-state index in [1.165, 1.54) is 16.8 Å². The number of benzene rings is 1. The Kier molecular flexibility index (Phi) is 1.53. The van der Waals surface area contributed by atoms with Crippen LogP contribution in [0.2, 0.25) is 0 Å². The lowest BCUT2D eigenvalue weighted by atomic mass is 10.0. The third-order valence-corrected chi connectivity index (χ3v) is 2.18. The second-order valence-corrected chi connectivity index (χ2v) is 3.06. The Morgan fingerprint density at radius 1 is 1.33 bits per heavy atom. The van der Waals surface area contributed by atoms with Crippen LogP contribution in [0.3, 0.4) is 0 Å². The lowest BCUT2D eigenvalue weighted by Crippen LogP contribution is -2.11. The van der Waals surface area contributed by atoms with Crippen LogP contribution < -0.4 is 4.90 Å². The van der Waals surface area contributed by atoms with Crippen molar-refractivity contribution < 1.29 is 0 Å². The highest BCUT2D eigenvalue weighted by Gasteiger charge is 2.07. The lowest BCUT2D eigenvalue weighted by Gasteiger charge is -2.19. The summed E-state index contributed by atoms with van der Waals surface area (Å²) in [7, 11) is 2.04. The Labute approximate surface area is 72.6 Å². The van der Waals surface area contributed by atoms with Crippen LogP contribution in [0.1, 0.15) is 11.1 Å².